The van der Waals surface area contributed by atoms with Gasteiger partial charge in [0.1, 0.15) is 17.2 Å². The number of methoxy groups -OCH3 is 1. The molecule has 20 heavy (non-hydrogen) atoms. The summed E-state index contributed by atoms with van der Waals surface area (Å²) in [5, 5.41) is 0. The van der Waals surface area contributed by atoms with Crippen LogP contribution in [0.1, 0.15) is 40.1 Å². The molecule has 0 bridgehead atoms. The topological polar surface area (TPSA) is 78.9 Å². The van der Waals surface area contributed by atoms with Gasteiger partial charge < -0.3 is 14.2 Å². The van der Waals surface area contributed by atoms with Crippen LogP contribution in [0.4, 0.5) is 0 Å². The molecule has 0 fully saturated rings. The number of carbonyl (C=O) groups is 3. The largest absolute Gasteiger partial charge is 0.465 e. The molecular formula is C14H14O6. The predicted octanol–water partition coefficient (Wildman–Crippen LogP) is 1.50. The van der Waals surface area contributed by atoms with Crippen molar-refractivity contribution in [3.8, 4) is 5.75 Å². The van der Waals surface area contributed by atoms with Crippen molar-refractivity contribution in [2.75, 3.05) is 7.11 Å². The van der Waals surface area contributed by atoms with Gasteiger partial charge in [0.2, 0.25) is 0 Å². The van der Waals surface area contributed by atoms with E-state index in [-0.39, 0.29) is 23.0 Å². The molecule has 0 spiro atoms. The number of rotatable bonds is 2. The molecule has 0 N–H and O–H groups in total. The summed E-state index contributed by atoms with van der Waals surface area (Å²) in [5.41, 5.74) is 0.812. The standard InChI is InChI=1S/C14H14O6/c1-7-6-9-4-5-10(13(16)18-3)12(20-8(2)15)11(9)14(17)19-7/h4-5,7H,6H2,1-3H3. The molecule has 0 amide bonds. The van der Waals surface area contributed by atoms with Gasteiger partial charge in [-0.15, -0.1) is 0 Å². The van der Waals surface area contributed by atoms with Crippen molar-refractivity contribution in [3.63, 3.8) is 0 Å². The van der Waals surface area contributed by atoms with Gasteiger partial charge in [0.05, 0.1) is 7.11 Å². The fraction of sp³-hybridized carbons (Fsp3) is 0.357. The third-order valence-electron chi connectivity index (χ3n) is 2.91. The third kappa shape index (κ3) is 2.49. The minimum Gasteiger partial charge on any atom is -0.465 e. The quantitative estimate of drug-likeness (QED) is 0.602. The van der Waals surface area contributed by atoms with Crippen molar-refractivity contribution in [2.45, 2.75) is 26.4 Å². The summed E-state index contributed by atoms with van der Waals surface area (Å²) in [6.07, 6.45) is 0.237. The zero-order chi connectivity index (χ0) is 14.9. The van der Waals surface area contributed by atoms with Crippen LogP contribution in [0.15, 0.2) is 12.1 Å². The minimum absolute atomic E-state index is 0.0213. The molecule has 0 aromatic heterocycles. The highest BCUT2D eigenvalue weighted by molar-refractivity contribution is 6.02. The van der Waals surface area contributed by atoms with Gasteiger partial charge in [-0.05, 0) is 18.6 Å². The van der Waals surface area contributed by atoms with E-state index >= 15 is 0 Å². The average molecular weight is 278 g/mol. The SMILES string of the molecule is COC(=O)c1ccc2c(c1OC(C)=O)C(=O)OC(C)C2. The van der Waals surface area contributed by atoms with Crippen LogP contribution < -0.4 is 4.74 Å². The third-order valence-corrected chi connectivity index (χ3v) is 2.91. The van der Waals surface area contributed by atoms with E-state index in [1.165, 1.54) is 20.1 Å². The molecule has 6 nitrogen and oxygen atoms in total. The lowest BCUT2D eigenvalue weighted by Crippen LogP contribution is -2.27. The molecule has 1 aromatic rings. The van der Waals surface area contributed by atoms with Gasteiger partial charge in [0.15, 0.2) is 5.75 Å². The molecule has 0 saturated carbocycles. The number of fused-ring (bicyclic) bond motifs is 1. The van der Waals surface area contributed by atoms with Crippen molar-refractivity contribution in [1.29, 1.82) is 0 Å². The van der Waals surface area contributed by atoms with E-state index in [2.05, 4.69) is 4.74 Å². The molecule has 2 rings (SSSR count). The van der Waals surface area contributed by atoms with Crippen LogP contribution in [0.3, 0.4) is 0 Å². The molecule has 1 atom stereocenters. The van der Waals surface area contributed by atoms with Gasteiger partial charge in [0, 0.05) is 13.3 Å². The molecular weight excluding hydrogens is 264 g/mol. The van der Waals surface area contributed by atoms with E-state index in [4.69, 9.17) is 9.47 Å². The second kappa shape index (κ2) is 5.32. The lowest BCUT2D eigenvalue weighted by Gasteiger charge is -2.24. The number of cyclic esters (lactones) is 1. The molecule has 1 aromatic carbocycles. The van der Waals surface area contributed by atoms with Crippen LogP contribution in [0.5, 0.6) is 5.75 Å². The Morgan fingerprint density at radius 3 is 2.65 bits per heavy atom. The smallest absolute Gasteiger partial charge is 0.342 e. The van der Waals surface area contributed by atoms with Crippen molar-refractivity contribution < 1.29 is 28.6 Å². The molecule has 1 aliphatic heterocycles. The highest BCUT2D eigenvalue weighted by Crippen LogP contribution is 2.33. The Morgan fingerprint density at radius 2 is 2.05 bits per heavy atom. The number of benzene rings is 1. The Hall–Kier alpha value is -2.37. The van der Waals surface area contributed by atoms with Crippen molar-refractivity contribution in [2.24, 2.45) is 0 Å². The zero-order valence-electron chi connectivity index (χ0n) is 11.4. The molecule has 1 heterocycles. The lowest BCUT2D eigenvalue weighted by molar-refractivity contribution is -0.131. The Bertz CT molecular complexity index is 590. The van der Waals surface area contributed by atoms with E-state index in [1.54, 1.807) is 13.0 Å². The van der Waals surface area contributed by atoms with Gasteiger partial charge in [-0.1, -0.05) is 6.07 Å². The second-order valence-corrected chi connectivity index (χ2v) is 4.48. The van der Waals surface area contributed by atoms with Gasteiger partial charge in [-0.3, -0.25) is 4.79 Å². The van der Waals surface area contributed by atoms with E-state index in [9.17, 15) is 14.4 Å². The molecule has 1 unspecified atom stereocenters. The maximum atomic E-state index is 12.0. The van der Waals surface area contributed by atoms with Crippen LogP contribution in [-0.2, 0) is 20.7 Å². The first kappa shape index (κ1) is 14.0. The summed E-state index contributed by atoms with van der Waals surface area (Å²) in [7, 11) is 1.21. The van der Waals surface area contributed by atoms with Crippen molar-refractivity contribution in [1.82, 2.24) is 0 Å². The Kier molecular flexibility index (Phi) is 3.74. The molecule has 1 aliphatic rings. The number of hydrogen-bond donors (Lipinski definition) is 0. The van der Waals surface area contributed by atoms with Crippen LogP contribution in [-0.4, -0.2) is 31.1 Å². The van der Waals surface area contributed by atoms with Crippen molar-refractivity contribution >= 4 is 17.9 Å². The molecule has 106 valence electrons. The highest BCUT2D eigenvalue weighted by Gasteiger charge is 2.31. The van der Waals surface area contributed by atoms with E-state index in [0.717, 1.165) is 0 Å². The van der Waals surface area contributed by atoms with Gasteiger partial charge in [-0.25, -0.2) is 9.59 Å². The average Bonchev–Trinajstić information content (AvgIpc) is 2.36. The predicted molar refractivity (Wildman–Crippen MR) is 67.7 cm³/mol. The van der Waals surface area contributed by atoms with Crippen LogP contribution in [0, 0.1) is 0 Å². The maximum absolute atomic E-state index is 12.0. The first-order valence-electron chi connectivity index (χ1n) is 6.07. The molecule has 0 radical (unpaired) electrons. The number of ether oxygens (including phenoxy) is 3. The van der Waals surface area contributed by atoms with Gasteiger partial charge in [-0.2, -0.15) is 0 Å². The molecule has 6 heteroatoms. The summed E-state index contributed by atoms with van der Waals surface area (Å²) in [4.78, 5) is 34.9. The maximum Gasteiger partial charge on any atom is 0.342 e. The Labute approximate surface area is 115 Å². The summed E-state index contributed by atoms with van der Waals surface area (Å²) in [5.74, 6) is -2.02. The first-order valence-corrected chi connectivity index (χ1v) is 6.07. The zero-order valence-corrected chi connectivity index (χ0v) is 11.4. The Morgan fingerprint density at radius 1 is 1.35 bits per heavy atom. The van der Waals surface area contributed by atoms with E-state index in [0.29, 0.717) is 12.0 Å². The summed E-state index contributed by atoms with van der Waals surface area (Å²) >= 11 is 0. The van der Waals surface area contributed by atoms with Crippen LogP contribution in [0.2, 0.25) is 0 Å². The number of esters is 3. The highest BCUT2D eigenvalue weighted by atomic mass is 16.6. The second-order valence-electron chi connectivity index (χ2n) is 4.48. The normalized spacial score (nSPS) is 16.9. The van der Waals surface area contributed by atoms with Crippen LogP contribution >= 0.6 is 0 Å². The van der Waals surface area contributed by atoms with Gasteiger partial charge >= 0.3 is 17.9 Å². The number of hydrogen-bond acceptors (Lipinski definition) is 6. The molecule has 0 saturated heterocycles. The van der Waals surface area contributed by atoms with E-state index < -0.39 is 17.9 Å². The van der Waals surface area contributed by atoms with Crippen LogP contribution in [0.25, 0.3) is 0 Å². The van der Waals surface area contributed by atoms with Crippen molar-refractivity contribution in [3.05, 3.63) is 28.8 Å². The Balaban J connectivity index is 2.63. The first-order chi connectivity index (χ1) is 9.43. The number of carbonyl (C=O) groups excluding carboxylic acids is 3. The van der Waals surface area contributed by atoms with E-state index in [1.807, 2.05) is 0 Å². The minimum atomic E-state index is -0.685. The fourth-order valence-corrected chi connectivity index (χ4v) is 2.13. The fourth-order valence-electron chi connectivity index (χ4n) is 2.13. The molecule has 0 aliphatic carbocycles. The van der Waals surface area contributed by atoms with Gasteiger partial charge in [0.25, 0.3) is 0 Å². The summed E-state index contributed by atoms with van der Waals surface area (Å²) in [6.45, 7) is 2.96. The summed E-state index contributed by atoms with van der Waals surface area (Å²) in [6, 6.07) is 3.12. The lowest BCUT2D eigenvalue weighted by atomic mass is 9.95. The monoisotopic (exact) mass is 278 g/mol. The summed E-state index contributed by atoms with van der Waals surface area (Å²) < 4.78 is 14.8.